The van der Waals surface area contributed by atoms with Gasteiger partial charge in [0.25, 0.3) is 0 Å². The fourth-order valence-corrected chi connectivity index (χ4v) is 0.837. The highest BCUT2D eigenvalue weighted by molar-refractivity contribution is 4.65. The molecule has 0 aliphatic carbocycles. The first kappa shape index (κ1) is 9.92. The molecule has 0 aliphatic heterocycles. The summed E-state index contributed by atoms with van der Waals surface area (Å²) in [6.45, 7) is 5.04. The van der Waals surface area contributed by atoms with Crippen LogP contribution >= 0.6 is 0 Å². The Bertz CT molecular complexity index is 64.3. The highest BCUT2D eigenvalue weighted by Gasteiger charge is 1.95. The molecule has 0 rings (SSSR count). The minimum absolute atomic E-state index is 0.428. The van der Waals surface area contributed by atoms with Crippen molar-refractivity contribution in [2.45, 2.75) is 25.3 Å². The minimum Gasteiger partial charge on any atom is -0.320 e. The Morgan fingerprint density at radius 3 is 2.50 bits per heavy atom. The Kier molecular flexibility index (Phi) is 6.98. The first-order valence-corrected chi connectivity index (χ1v) is 3.96. The van der Waals surface area contributed by atoms with Crippen LogP contribution in [-0.2, 0) is 0 Å². The molecular formula is C8H19N2. The maximum absolute atomic E-state index is 3.92. The van der Waals surface area contributed by atoms with E-state index >= 15 is 0 Å². The highest BCUT2D eigenvalue weighted by Crippen LogP contribution is 1.97. The summed E-state index contributed by atoms with van der Waals surface area (Å²) in [6, 6.07) is 0.428. The normalized spacial score (nSPS) is 13.5. The van der Waals surface area contributed by atoms with Gasteiger partial charge >= 0.3 is 0 Å². The number of rotatable bonds is 6. The monoisotopic (exact) mass is 143 g/mol. The van der Waals surface area contributed by atoms with Crippen LogP contribution in [0, 0.1) is 6.92 Å². The van der Waals surface area contributed by atoms with E-state index in [1.54, 1.807) is 0 Å². The van der Waals surface area contributed by atoms with Crippen molar-refractivity contribution in [1.82, 2.24) is 10.6 Å². The molecule has 0 heterocycles. The zero-order valence-corrected chi connectivity index (χ0v) is 7.11. The van der Waals surface area contributed by atoms with Crippen molar-refractivity contribution in [3.8, 4) is 0 Å². The van der Waals surface area contributed by atoms with Crippen molar-refractivity contribution in [2.24, 2.45) is 0 Å². The lowest BCUT2D eigenvalue weighted by atomic mass is 10.1. The molecule has 1 unspecified atom stereocenters. The van der Waals surface area contributed by atoms with Crippen LogP contribution in [0.3, 0.4) is 0 Å². The number of nitrogens with one attached hydrogen (secondary N) is 2. The lowest BCUT2D eigenvalue weighted by Crippen LogP contribution is -2.21. The molecule has 0 amide bonds. The van der Waals surface area contributed by atoms with E-state index in [4.69, 9.17) is 0 Å². The van der Waals surface area contributed by atoms with E-state index in [0.29, 0.717) is 6.04 Å². The fourth-order valence-electron chi connectivity index (χ4n) is 0.837. The third-order valence-corrected chi connectivity index (χ3v) is 1.64. The van der Waals surface area contributed by atoms with E-state index in [-0.39, 0.29) is 0 Å². The Labute approximate surface area is 64.4 Å². The number of unbranched alkanes of at least 4 members (excludes halogenated alkanes) is 1. The maximum Gasteiger partial charge on any atom is 0.00646 e. The SMILES string of the molecule is [CH2]C(CCCCNC)NC. The third kappa shape index (κ3) is 6.05. The average molecular weight is 143 g/mol. The molecule has 0 aromatic carbocycles. The molecule has 0 bridgehead atoms. The van der Waals surface area contributed by atoms with Crippen LogP contribution in [0.15, 0.2) is 0 Å². The Morgan fingerprint density at radius 1 is 1.30 bits per heavy atom. The van der Waals surface area contributed by atoms with Gasteiger partial charge in [-0.15, -0.1) is 0 Å². The summed E-state index contributed by atoms with van der Waals surface area (Å²) < 4.78 is 0. The van der Waals surface area contributed by atoms with Gasteiger partial charge in [0.05, 0.1) is 0 Å². The van der Waals surface area contributed by atoms with E-state index in [9.17, 15) is 0 Å². The molecule has 2 nitrogen and oxygen atoms in total. The van der Waals surface area contributed by atoms with Crippen molar-refractivity contribution in [1.29, 1.82) is 0 Å². The van der Waals surface area contributed by atoms with Gasteiger partial charge < -0.3 is 10.6 Å². The van der Waals surface area contributed by atoms with Crippen LogP contribution in [0.1, 0.15) is 19.3 Å². The standard InChI is InChI=1S/C8H19N2/c1-8(10-3)6-4-5-7-9-2/h8-10H,1,4-7H2,2-3H3. The summed E-state index contributed by atoms with van der Waals surface area (Å²) in [5, 5.41) is 6.23. The highest BCUT2D eigenvalue weighted by atomic mass is 14.8. The van der Waals surface area contributed by atoms with Gasteiger partial charge in [0.15, 0.2) is 0 Å². The van der Waals surface area contributed by atoms with Gasteiger partial charge in [0.2, 0.25) is 0 Å². The molecule has 0 fully saturated rings. The van der Waals surface area contributed by atoms with Crippen molar-refractivity contribution in [3.63, 3.8) is 0 Å². The number of hydrogen-bond acceptors (Lipinski definition) is 2. The van der Waals surface area contributed by atoms with Crippen LogP contribution in [0.4, 0.5) is 0 Å². The van der Waals surface area contributed by atoms with Gasteiger partial charge in [0, 0.05) is 6.04 Å². The summed E-state index contributed by atoms with van der Waals surface area (Å²) in [5.41, 5.74) is 0. The van der Waals surface area contributed by atoms with Crippen molar-refractivity contribution in [3.05, 3.63) is 6.92 Å². The topological polar surface area (TPSA) is 24.1 Å². The molecule has 1 radical (unpaired) electrons. The number of hydrogen-bond donors (Lipinski definition) is 2. The molecule has 0 aliphatic rings. The first-order chi connectivity index (χ1) is 4.81. The molecule has 2 heteroatoms. The molecule has 0 aromatic rings. The maximum atomic E-state index is 3.92. The smallest absolute Gasteiger partial charge is 0.00646 e. The summed E-state index contributed by atoms with van der Waals surface area (Å²) in [7, 11) is 3.94. The zero-order valence-electron chi connectivity index (χ0n) is 7.11. The van der Waals surface area contributed by atoms with Gasteiger partial charge in [0.1, 0.15) is 0 Å². The molecule has 0 spiro atoms. The van der Waals surface area contributed by atoms with Crippen molar-refractivity contribution in [2.75, 3.05) is 20.6 Å². The lowest BCUT2D eigenvalue weighted by Gasteiger charge is -2.08. The van der Waals surface area contributed by atoms with E-state index < -0.39 is 0 Å². The van der Waals surface area contributed by atoms with Gasteiger partial charge in [-0.1, -0.05) is 6.42 Å². The first-order valence-electron chi connectivity index (χ1n) is 3.96. The Hall–Kier alpha value is -0.0800. The van der Waals surface area contributed by atoms with E-state index in [2.05, 4.69) is 17.6 Å². The van der Waals surface area contributed by atoms with Crippen molar-refractivity contribution < 1.29 is 0 Å². The molecule has 1 atom stereocenters. The van der Waals surface area contributed by atoms with Crippen molar-refractivity contribution >= 4 is 0 Å². The minimum atomic E-state index is 0.428. The predicted molar refractivity (Wildman–Crippen MR) is 46.0 cm³/mol. The molecule has 0 saturated carbocycles. The summed E-state index contributed by atoms with van der Waals surface area (Å²) in [6.07, 6.45) is 3.69. The van der Waals surface area contributed by atoms with Crippen LogP contribution in [0.25, 0.3) is 0 Å². The van der Waals surface area contributed by atoms with Gasteiger partial charge in [-0.05, 0) is 40.4 Å². The zero-order chi connectivity index (χ0) is 7.82. The lowest BCUT2D eigenvalue weighted by molar-refractivity contribution is 0.554. The fraction of sp³-hybridized carbons (Fsp3) is 0.875. The molecule has 0 saturated heterocycles. The van der Waals surface area contributed by atoms with Crippen LogP contribution in [0.5, 0.6) is 0 Å². The Morgan fingerprint density at radius 2 is 2.00 bits per heavy atom. The van der Waals surface area contributed by atoms with Gasteiger partial charge in [-0.25, -0.2) is 0 Å². The predicted octanol–water partition coefficient (Wildman–Crippen LogP) is 0.798. The van der Waals surface area contributed by atoms with Gasteiger partial charge in [-0.2, -0.15) is 0 Å². The molecule has 61 valence electrons. The molecule has 2 N–H and O–H groups in total. The average Bonchev–Trinajstić information content (AvgIpc) is 1.98. The van der Waals surface area contributed by atoms with E-state index in [1.807, 2.05) is 14.1 Å². The largest absolute Gasteiger partial charge is 0.320 e. The van der Waals surface area contributed by atoms with E-state index in [0.717, 1.165) is 6.54 Å². The summed E-state index contributed by atoms with van der Waals surface area (Å²) in [5.74, 6) is 0. The molecular weight excluding hydrogens is 124 g/mol. The van der Waals surface area contributed by atoms with Gasteiger partial charge in [-0.3, -0.25) is 0 Å². The third-order valence-electron chi connectivity index (χ3n) is 1.64. The van der Waals surface area contributed by atoms with E-state index in [1.165, 1.54) is 19.3 Å². The molecule has 0 aromatic heterocycles. The summed E-state index contributed by atoms with van der Waals surface area (Å²) >= 11 is 0. The van der Waals surface area contributed by atoms with Crippen LogP contribution in [-0.4, -0.2) is 26.7 Å². The van der Waals surface area contributed by atoms with Crippen LogP contribution in [0.2, 0.25) is 0 Å². The molecule has 10 heavy (non-hydrogen) atoms. The quantitative estimate of drug-likeness (QED) is 0.537. The second-order valence-electron chi connectivity index (χ2n) is 2.58. The second kappa shape index (κ2) is 7.03. The summed E-state index contributed by atoms with van der Waals surface area (Å²) in [4.78, 5) is 0. The Balaban J connectivity index is 2.89. The van der Waals surface area contributed by atoms with Crippen LogP contribution < -0.4 is 10.6 Å². The second-order valence-corrected chi connectivity index (χ2v) is 2.58.